The molecule has 2 aromatic heterocycles. The fourth-order valence-electron chi connectivity index (χ4n) is 3.60. The molecule has 1 radical (unpaired) electrons. The minimum absolute atomic E-state index is 0.0462. The minimum atomic E-state index is -0.569. The summed E-state index contributed by atoms with van der Waals surface area (Å²) in [5.74, 6) is 0.0183. The maximum atomic E-state index is 12.6. The molecule has 2 amide bonds. The molecular formula is C20H21N6O2. The Balaban J connectivity index is 1.54. The highest BCUT2D eigenvalue weighted by atomic mass is 16.2. The van der Waals surface area contributed by atoms with E-state index < -0.39 is 5.91 Å². The number of nitrogens with two attached hydrogens (primary N) is 1. The van der Waals surface area contributed by atoms with E-state index in [9.17, 15) is 9.59 Å². The summed E-state index contributed by atoms with van der Waals surface area (Å²) in [6.45, 7) is 2.58. The highest BCUT2D eigenvalue weighted by Gasteiger charge is 2.31. The molecule has 1 fully saturated rings. The highest BCUT2D eigenvalue weighted by Crippen LogP contribution is 2.24. The lowest BCUT2D eigenvalue weighted by Crippen LogP contribution is -2.53. The van der Waals surface area contributed by atoms with Crippen molar-refractivity contribution in [3.05, 3.63) is 53.9 Å². The zero-order chi connectivity index (χ0) is 19.8. The standard InChI is InChI=1S/C20H21N6O2/c1-24(2)9-13-10-25(11-13)20(28)15-5-3-14(4-6-15)17-8-7-16(18(21)27)19-22-12-23-26(17)19/h3-8,13H,9-11H2,1-2H3,(H2,21,27). The molecule has 4 rings (SSSR count). The Hall–Kier alpha value is -3.26. The van der Waals surface area contributed by atoms with Crippen molar-refractivity contribution in [1.29, 1.82) is 0 Å². The second-order valence-electron chi connectivity index (χ2n) is 7.36. The van der Waals surface area contributed by atoms with Crippen LogP contribution in [-0.4, -0.2) is 69.9 Å². The van der Waals surface area contributed by atoms with Gasteiger partial charge in [-0.15, -0.1) is 5.10 Å². The molecule has 1 aliphatic rings. The predicted molar refractivity (Wildman–Crippen MR) is 104 cm³/mol. The van der Waals surface area contributed by atoms with Crippen LogP contribution in [-0.2, 0) is 0 Å². The van der Waals surface area contributed by atoms with Gasteiger partial charge in [0.15, 0.2) is 5.65 Å². The zero-order valence-electron chi connectivity index (χ0n) is 15.8. The number of primary amides is 1. The summed E-state index contributed by atoms with van der Waals surface area (Å²) < 4.78 is 1.53. The monoisotopic (exact) mass is 377 g/mol. The first-order chi connectivity index (χ1) is 13.4. The van der Waals surface area contributed by atoms with Crippen LogP contribution < -0.4 is 5.73 Å². The van der Waals surface area contributed by atoms with Crippen molar-refractivity contribution in [3.63, 3.8) is 0 Å². The zero-order valence-corrected chi connectivity index (χ0v) is 15.8. The number of rotatable bonds is 5. The van der Waals surface area contributed by atoms with Gasteiger partial charge >= 0.3 is 0 Å². The summed E-state index contributed by atoms with van der Waals surface area (Å²) in [7, 11) is 4.09. The number of pyridine rings is 1. The number of carbonyl (C=O) groups excluding carboxylic acids is 2. The third kappa shape index (κ3) is 3.22. The fraction of sp³-hybridized carbons (Fsp3) is 0.300. The van der Waals surface area contributed by atoms with Crippen molar-refractivity contribution < 1.29 is 9.59 Å². The van der Waals surface area contributed by atoms with E-state index in [-0.39, 0.29) is 11.5 Å². The van der Waals surface area contributed by atoms with E-state index in [1.807, 2.05) is 43.3 Å². The van der Waals surface area contributed by atoms with Gasteiger partial charge in [0.2, 0.25) is 6.33 Å². The average Bonchev–Trinajstić information content (AvgIpc) is 3.12. The number of hydrogen-bond acceptors (Lipinski definition) is 5. The summed E-state index contributed by atoms with van der Waals surface area (Å²) in [6.07, 6.45) is 2.51. The molecule has 0 unspecified atom stereocenters. The summed E-state index contributed by atoms with van der Waals surface area (Å²) in [5, 5.41) is 4.07. The van der Waals surface area contributed by atoms with E-state index in [2.05, 4.69) is 21.3 Å². The number of hydrogen-bond donors (Lipinski definition) is 1. The minimum Gasteiger partial charge on any atom is -0.365 e. The van der Waals surface area contributed by atoms with Crippen LogP contribution in [0.15, 0.2) is 36.4 Å². The molecule has 0 spiro atoms. The molecule has 3 aromatic rings. The quantitative estimate of drug-likeness (QED) is 0.713. The van der Waals surface area contributed by atoms with Gasteiger partial charge in [0.1, 0.15) is 0 Å². The Bertz CT molecular complexity index is 1030. The number of aromatic nitrogens is 3. The average molecular weight is 377 g/mol. The predicted octanol–water partition coefficient (Wildman–Crippen LogP) is 0.929. The van der Waals surface area contributed by atoms with Crippen molar-refractivity contribution >= 4 is 17.5 Å². The fourth-order valence-corrected chi connectivity index (χ4v) is 3.60. The molecule has 0 bridgehead atoms. The highest BCUT2D eigenvalue weighted by molar-refractivity contribution is 5.99. The van der Waals surface area contributed by atoms with Gasteiger partial charge in [0, 0.05) is 36.7 Å². The first kappa shape index (κ1) is 18.1. The SMILES string of the molecule is CN(C)CC1CN(C(=O)c2ccc(-c3ccc(C(N)=O)c4n[c]nn34)cc2)C1. The largest absolute Gasteiger partial charge is 0.365 e. The molecule has 3 heterocycles. The Morgan fingerprint density at radius 1 is 1.18 bits per heavy atom. The topological polar surface area (TPSA) is 96.8 Å². The second kappa shape index (κ2) is 7.05. The molecule has 2 N–H and O–H groups in total. The van der Waals surface area contributed by atoms with Gasteiger partial charge in [-0.2, -0.15) is 0 Å². The van der Waals surface area contributed by atoms with Crippen molar-refractivity contribution in [2.24, 2.45) is 11.7 Å². The lowest BCUT2D eigenvalue weighted by atomic mass is 9.98. The number of amides is 2. The number of benzene rings is 1. The maximum absolute atomic E-state index is 12.6. The van der Waals surface area contributed by atoms with Gasteiger partial charge in [-0.1, -0.05) is 12.1 Å². The molecular weight excluding hydrogens is 356 g/mol. The Morgan fingerprint density at radius 3 is 2.54 bits per heavy atom. The van der Waals surface area contributed by atoms with Crippen LogP contribution in [0, 0.1) is 12.2 Å². The van der Waals surface area contributed by atoms with E-state index in [0.717, 1.165) is 30.9 Å². The molecule has 0 aliphatic carbocycles. The van der Waals surface area contributed by atoms with Crippen molar-refractivity contribution in [3.8, 4) is 11.3 Å². The number of fused-ring (bicyclic) bond motifs is 1. The molecule has 1 aromatic carbocycles. The van der Waals surface area contributed by atoms with Gasteiger partial charge in [0.25, 0.3) is 11.8 Å². The molecule has 0 atom stereocenters. The van der Waals surface area contributed by atoms with Crippen LogP contribution in [0.1, 0.15) is 20.7 Å². The first-order valence-electron chi connectivity index (χ1n) is 9.04. The summed E-state index contributed by atoms with van der Waals surface area (Å²) in [5.41, 5.74) is 8.28. The second-order valence-corrected chi connectivity index (χ2v) is 7.36. The van der Waals surface area contributed by atoms with E-state index in [1.165, 1.54) is 4.52 Å². The van der Waals surface area contributed by atoms with Crippen LogP contribution in [0.5, 0.6) is 0 Å². The van der Waals surface area contributed by atoms with E-state index in [1.54, 1.807) is 12.1 Å². The van der Waals surface area contributed by atoms with E-state index in [0.29, 0.717) is 17.1 Å². The number of carbonyl (C=O) groups is 2. The normalized spacial score (nSPS) is 14.5. The third-order valence-corrected chi connectivity index (χ3v) is 4.94. The lowest BCUT2D eigenvalue weighted by molar-refractivity contribution is 0.0450. The van der Waals surface area contributed by atoms with Crippen molar-refractivity contribution in [2.75, 3.05) is 33.7 Å². The first-order valence-corrected chi connectivity index (χ1v) is 9.04. The van der Waals surface area contributed by atoms with Crippen LogP contribution in [0.2, 0.25) is 0 Å². The van der Waals surface area contributed by atoms with Crippen LogP contribution in [0.4, 0.5) is 0 Å². The molecule has 1 saturated heterocycles. The van der Waals surface area contributed by atoms with Gasteiger partial charge < -0.3 is 15.5 Å². The van der Waals surface area contributed by atoms with Crippen molar-refractivity contribution in [2.45, 2.75) is 0 Å². The summed E-state index contributed by atoms with van der Waals surface area (Å²) in [4.78, 5) is 32.2. The number of likely N-dealkylation sites (tertiary alicyclic amines) is 1. The summed E-state index contributed by atoms with van der Waals surface area (Å²) in [6, 6.07) is 10.7. The van der Waals surface area contributed by atoms with Crippen molar-refractivity contribution in [1.82, 2.24) is 24.4 Å². The van der Waals surface area contributed by atoms with Gasteiger partial charge in [-0.3, -0.25) is 9.59 Å². The molecule has 1 aliphatic heterocycles. The molecule has 0 saturated carbocycles. The number of nitrogens with zero attached hydrogens (tertiary/aromatic N) is 5. The Morgan fingerprint density at radius 2 is 1.89 bits per heavy atom. The van der Waals surface area contributed by atoms with Crippen LogP contribution in [0.3, 0.4) is 0 Å². The Labute approximate surface area is 162 Å². The van der Waals surface area contributed by atoms with Crippen LogP contribution in [0.25, 0.3) is 16.9 Å². The third-order valence-electron chi connectivity index (χ3n) is 4.94. The van der Waals surface area contributed by atoms with Gasteiger partial charge in [-0.05, 0) is 38.4 Å². The van der Waals surface area contributed by atoms with Gasteiger partial charge in [-0.25, -0.2) is 9.50 Å². The molecule has 8 nitrogen and oxygen atoms in total. The lowest BCUT2D eigenvalue weighted by Gasteiger charge is -2.40. The molecule has 143 valence electrons. The Kier molecular flexibility index (Phi) is 4.56. The molecule has 8 heteroatoms. The maximum Gasteiger partial charge on any atom is 0.253 e. The van der Waals surface area contributed by atoms with Gasteiger partial charge in [0.05, 0.1) is 11.3 Å². The molecule has 28 heavy (non-hydrogen) atoms. The smallest absolute Gasteiger partial charge is 0.253 e. The summed E-state index contributed by atoms with van der Waals surface area (Å²) >= 11 is 0. The van der Waals surface area contributed by atoms with E-state index >= 15 is 0 Å². The van der Waals surface area contributed by atoms with Crippen LogP contribution >= 0.6 is 0 Å². The van der Waals surface area contributed by atoms with E-state index in [4.69, 9.17) is 5.73 Å².